The number of hydrogen-bond acceptors (Lipinski definition) is 5. The van der Waals surface area contributed by atoms with E-state index in [2.05, 4.69) is 39.4 Å². The number of carbonyl (C=O) groups excluding carboxylic acids is 1. The summed E-state index contributed by atoms with van der Waals surface area (Å²) < 4.78 is 0. The number of pyridine rings is 1. The highest BCUT2D eigenvalue weighted by molar-refractivity contribution is 5.93. The Morgan fingerprint density at radius 3 is 2.28 bits per heavy atom. The lowest BCUT2D eigenvalue weighted by Gasteiger charge is -2.58. The van der Waals surface area contributed by atoms with Crippen LogP contribution in [0.5, 0.6) is 0 Å². The molecule has 5 fully saturated rings. The second-order valence-electron chi connectivity index (χ2n) is 10.4. The van der Waals surface area contributed by atoms with E-state index in [9.17, 15) is 9.90 Å². The molecule has 1 aromatic carbocycles. The van der Waals surface area contributed by atoms with E-state index in [-0.39, 0.29) is 11.9 Å². The normalized spacial score (nSPS) is 33.4. The summed E-state index contributed by atoms with van der Waals surface area (Å²) in [6, 6.07) is 16.5. The van der Waals surface area contributed by atoms with Crippen LogP contribution in [0.25, 0.3) is 0 Å². The van der Waals surface area contributed by atoms with E-state index < -0.39 is 5.60 Å². The number of aliphatic hydroxyl groups is 1. The van der Waals surface area contributed by atoms with Crippen molar-refractivity contribution in [2.24, 2.45) is 17.8 Å². The predicted octanol–water partition coefficient (Wildman–Crippen LogP) is 3.08. The molecule has 1 saturated heterocycles. The SMILES string of the molecule is O=C(N[C@H]1C2CC3CC1C[C@](O)(C3)C2)c1cccc(N2CCN(c3ccccc3)CC2)n1. The quantitative estimate of drug-likeness (QED) is 0.777. The van der Waals surface area contributed by atoms with Crippen LogP contribution in [0.15, 0.2) is 48.5 Å². The molecule has 0 spiro atoms. The Bertz CT molecular complexity index is 972. The van der Waals surface area contributed by atoms with Crippen molar-refractivity contribution in [1.82, 2.24) is 10.3 Å². The zero-order valence-electron chi connectivity index (χ0n) is 18.5. The summed E-state index contributed by atoms with van der Waals surface area (Å²) in [6.45, 7) is 3.66. The number of piperazine rings is 1. The molecule has 4 aliphatic carbocycles. The largest absolute Gasteiger partial charge is 0.390 e. The molecule has 2 heterocycles. The fraction of sp³-hybridized carbons (Fsp3) is 0.538. The smallest absolute Gasteiger partial charge is 0.270 e. The van der Waals surface area contributed by atoms with Gasteiger partial charge in [0.1, 0.15) is 11.5 Å². The van der Waals surface area contributed by atoms with Gasteiger partial charge in [-0.3, -0.25) is 4.79 Å². The van der Waals surface area contributed by atoms with Gasteiger partial charge in [0.2, 0.25) is 0 Å². The zero-order chi connectivity index (χ0) is 21.7. The van der Waals surface area contributed by atoms with E-state index >= 15 is 0 Å². The van der Waals surface area contributed by atoms with Crippen molar-refractivity contribution in [3.63, 3.8) is 0 Å². The highest BCUT2D eigenvalue weighted by Crippen LogP contribution is 2.55. The van der Waals surface area contributed by atoms with Gasteiger partial charge >= 0.3 is 0 Å². The first kappa shape index (κ1) is 20.0. The van der Waals surface area contributed by atoms with E-state index in [0.717, 1.165) is 64.1 Å². The molecule has 0 radical (unpaired) electrons. The van der Waals surface area contributed by atoms with Gasteiger partial charge in [-0.25, -0.2) is 4.98 Å². The Morgan fingerprint density at radius 1 is 0.906 bits per heavy atom. The summed E-state index contributed by atoms with van der Waals surface area (Å²) in [5, 5.41) is 14.1. The maximum atomic E-state index is 13.1. The van der Waals surface area contributed by atoms with Crippen molar-refractivity contribution >= 4 is 17.4 Å². The van der Waals surface area contributed by atoms with Crippen LogP contribution in [0.2, 0.25) is 0 Å². The molecule has 7 rings (SSSR count). The lowest BCUT2D eigenvalue weighted by atomic mass is 9.52. The topological polar surface area (TPSA) is 68.7 Å². The monoisotopic (exact) mass is 432 g/mol. The van der Waals surface area contributed by atoms with Gasteiger partial charge in [-0.1, -0.05) is 24.3 Å². The van der Waals surface area contributed by atoms with E-state index in [1.165, 1.54) is 5.69 Å². The molecule has 5 aliphatic rings. The van der Waals surface area contributed by atoms with Crippen molar-refractivity contribution in [2.75, 3.05) is 36.0 Å². The Balaban J connectivity index is 1.11. The van der Waals surface area contributed by atoms with Crippen molar-refractivity contribution in [2.45, 2.75) is 43.7 Å². The van der Waals surface area contributed by atoms with Crippen LogP contribution >= 0.6 is 0 Å². The second-order valence-corrected chi connectivity index (χ2v) is 10.4. The predicted molar refractivity (Wildman–Crippen MR) is 125 cm³/mol. The van der Waals surface area contributed by atoms with Crippen LogP contribution in [-0.4, -0.2) is 53.8 Å². The van der Waals surface area contributed by atoms with Crippen LogP contribution in [0.1, 0.15) is 42.6 Å². The highest BCUT2D eigenvalue weighted by atomic mass is 16.3. The molecule has 4 saturated carbocycles. The minimum atomic E-state index is -0.474. The van der Waals surface area contributed by atoms with Crippen molar-refractivity contribution in [3.05, 3.63) is 54.2 Å². The zero-order valence-corrected chi connectivity index (χ0v) is 18.5. The fourth-order valence-corrected chi connectivity index (χ4v) is 7.00. The molecule has 4 bridgehead atoms. The minimum absolute atomic E-state index is 0.0702. The maximum Gasteiger partial charge on any atom is 0.270 e. The first-order valence-corrected chi connectivity index (χ1v) is 12.1. The van der Waals surface area contributed by atoms with Gasteiger partial charge in [0, 0.05) is 37.9 Å². The highest BCUT2D eigenvalue weighted by Gasteiger charge is 2.55. The summed E-state index contributed by atoms with van der Waals surface area (Å²) in [5.41, 5.74) is 1.28. The molecular formula is C26H32N4O2. The summed E-state index contributed by atoms with van der Waals surface area (Å²) in [4.78, 5) is 22.5. The molecule has 1 aromatic heterocycles. The lowest BCUT2D eigenvalue weighted by Crippen LogP contribution is -2.61. The van der Waals surface area contributed by atoms with Gasteiger partial charge in [0.15, 0.2) is 0 Å². The first-order chi connectivity index (χ1) is 15.6. The molecule has 1 amide bonds. The van der Waals surface area contributed by atoms with Crippen LogP contribution in [-0.2, 0) is 0 Å². The van der Waals surface area contributed by atoms with Gasteiger partial charge in [-0.2, -0.15) is 0 Å². The Kier molecular flexibility index (Phi) is 4.86. The van der Waals surface area contributed by atoms with Crippen LogP contribution < -0.4 is 15.1 Å². The number of nitrogens with zero attached hydrogens (tertiary/aromatic N) is 3. The van der Waals surface area contributed by atoms with Gasteiger partial charge in [-0.05, 0) is 74.1 Å². The molecule has 2 aromatic rings. The van der Waals surface area contributed by atoms with Crippen molar-refractivity contribution < 1.29 is 9.90 Å². The summed E-state index contributed by atoms with van der Waals surface area (Å²) >= 11 is 0. The third kappa shape index (κ3) is 3.64. The number of nitrogens with one attached hydrogen (secondary N) is 1. The molecule has 6 nitrogen and oxygen atoms in total. The molecule has 2 atom stereocenters. The fourth-order valence-electron chi connectivity index (χ4n) is 7.00. The van der Waals surface area contributed by atoms with Crippen molar-refractivity contribution in [3.8, 4) is 0 Å². The number of hydrogen-bond donors (Lipinski definition) is 2. The number of benzene rings is 1. The van der Waals surface area contributed by atoms with Gasteiger partial charge in [-0.15, -0.1) is 0 Å². The number of amides is 1. The molecule has 2 N–H and O–H groups in total. The Morgan fingerprint density at radius 2 is 1.59 bits per heavy atom. The Labute approximate surface area is 189 Å². The summed E-state index contributed by atoms with van der Waals surface area (Å²) in [6.07, 6.45) is 4.92. The minimum Gasteiger partial charge on any atom is -0.390 e. The summed E-state index contributed by atoms with van der Waals surface area (Å²) in [5.74, 6) is 2.26. The van der Waals surface area contributed by atoms with Gasteiger partial charge in [0.05, 0.1) is 5.60 Å². The molecule has 2 unspecified atom stereocenters. The van der Waals surface area contributed by atoms with Crippen LogP contribution in [0.4, 0.5) is 11.5 Å². The first-order valence-electron chi connectivity index (χ1n) is 12.1. The van der Waals surface area contributed by atoms with E-state index in [4.69, 9.17) is 4.98 Å². The molecule has 32 heavy (non-hydrogen) atoms. The molecule has 6 heteroatoms. The number of aromatic nitrogens is 1. The van der Waals surface area contributed by atoms with E-state index in [1.54, 1.807) is 0 Å². The number of rotatable bonds is 4. The average Bonchev–Trinajstić information content (AvgIpc) is 2.81. The van der Waals surface area contributed by atoms with E-state index in [1.807, 2.05) is 24.3 Å². The van der Waals surface area contributed by atoms with E-state index in [0.29, 0.717) is 23.4 Å². The third-order valence-electron chi connectivity index (χ3n) is 8.23. The number of para-hydroxylation sites is 1. The average molecular weight is 433 g/mol. The Hall–Kier alpha value is -2.60. The second kappa shape index (κ2) is 7.77. The summed E-state index contributed by atoms with van der Waals surface area (Å²) in [7, 11) is 0. The molecular weight excluding hydrogens is 400 g/mol. The van der Waals surface area contributed by atoms with Crippen LogP contribution in [0.3, 0.4) is 0 Å². The van der Waals surface area contributed by atoms with Gasteiger partial charge in [0.25, 0.3) is 5.91 Å². The van der Waals surface area contributed by atoms with Crippen LogP contribution in [0, 0.1) is 17.8 Å². The number of anilines is 2. The lowest BCUT2D eigenvalue weighted by molar-refractivity contribution is -0.136. The molecule has 168 valence electrons. The standard InChI is InChI=1S/C26H32N4O2/c31-25(28-24-19-13-18-14-20(24)17-26(32,15-18)16-19)22-7-4-8-23(27-22)30-11-9-29(10-12-30)21-5-2-1-3-6-21/h1-8,18-20,24,32H,9-17H2,(H,28,31)/t18?,19?,20?,24-,26-. The van der Waals surface area contributed by atoms with Crippen molar-refractivity contribution in [1.29, 1.82) is 0 Å². The number of carbonyl (C=O) groups is 1. The molecule has 1 aliphatic heterocycles. The van der Waals surface area contributed by atoms with Gasteiger partial charge < -0.3 is 20.2 Å². The third-order valence-corrected chi connectivity index (χ3v) is 8.23. The maximum absolute atomic E-state index is 13.1.